The minimum absolute atomic E-state index is 0.0399. The van der Waals surface area contributed by atoms with Gasteiger partial charge in [-0.2, -0.15) is 5.26 Å². The fraction of sp³-hybridized carbons (Fsp3) is 0.441. The molecule has 2 heterocycles. The van der Waals surface area contributed by atoms with Crippen LogP contribution in [0, 0.1) is 28.5 Å². The first-order valence-corrected chi connectivity index (χ1v) is 15.3. The van der Waals surface area contributed by atoms with Crippen molar-refractivity contribution in [2.24, 2.45) is 11.3 Å². The Kier molecular flexibility index (Phi) is 7.80. The Balaban J connectivity index is 1.53. The maximum atomic E-state index is 16.7. The number of carbonyl (C=O) groups is 1. The topological polar surface area (TPSA) is 107 Å². The van der Waals surface area contributed by atoms with Gasteiger partial charge in [0, 0.05) is 22.2 Å². The van der Waals surface area contributed by atoms with Crippen molar-refractivity contribution in [1.82, 2.24) is 9.88 Å². The molecule has 1 aliphatic heterocycles. The van der Waals surface area contributed by atoms with Gasteiger partial charge in [-0.15, -0.1) is 0 Å². The predicted molar refractivity (Wildman–Crippen MR) is 158 cm³/mol. The fourth-order valence-corrected chi connectivity index (χ4v) is 6.78. The number of halogens is 2. The zero-order chi connectivity index (χ0) is 30.4. The Bertz CT molecular complexity index is 1560. The lowest BCUT2D eigenvalue weighted by Crippen LogP contribution is -2.48. The van der Waals surface area contributed by atoms with Gasteiger partial charge >= 0.3 is 0 Å². The van der Waals surface area contributed by atoms with Crippen LogP contribution >= 0.6 is 11.6 Å². The lowest BCUT2D eigenvalue weighted by Gasteiger charge is -2.40. The summed E-state index contributed by atoms with van der Waals surface area (Å²) < 4.78 is 23.4. The van der Waals surface area contributed by atoms with Crippen LogP contribution in [0.15, 0.2) is 54.7 Å². The van der Waals surface area contributed by atoms with E-state index in [2.05, 4.69) is 4.98 Å². The van der Waals surface area contributed by atoms with Gasteiger partial charge in [0.15, 0.2) is 5.72 Å². The Morgan fingerprint density at radius 3 is 2.49 bits per heavy atom. The second kappa shape index (κ2) is 11.3. The number of nitrogens with zero attached hydrogens (tertiary/aromatic N) is 3. The van der Waals surface area contributed by atoms with Crippen LogP contribution in [0.25, 0.3) is 0 Å². The van der Waals surface area contributed by atoms with Gasteiger partial charge in [-0.1, -0.05) is 43.0 Å². The maximum absolute atomic E-state index is 16.7. The van der Waals surface area contributed by atoms with E-state index in [4.69, 9.17) is 16.3 Å². The van der Waals surface area contributed by atoms with Gasteiger partial charge in [0.2, 0.25) is 0 Å². The van der Waals surface area contributed by atoms with Crippen LogP contribution in [0.2, 0.25) is 5.02 Å². The molecule has 2 atom stereocenters. The zero-order valence-electron chi connectivity index (χ0n) is 24.2. The molecule has 2 saturated carbocycles. The summed E-state index contributed by atoms with van der Waals surface area (Å²) in [5.74, 6) is -1.17. The molecule has 1 amide bonds. The molecule has 1 aromatic heterocycles. The highest BCUT2D eigenvalue weighted by molar-refractivity contribution is 6.30. The lowest BCUT2D eigenvalue weighted by molar-refractivity contribution is -0.130. The molecule has 0 radical (unpaired) electrons. The molecule has 2 aliphatic carbocycles. The molecular formula is C34H35ClFN3O4. The largest absolute Gasteiger partial charge is 0.396 e. The van der Waals surface area contributed by atoms with Gasteiger partial charge in [-0.05, 0) is 80.5 Å². The molecule has 6 rings (SSSR count). The highest BCUT2D eigenvalue weighted by atomic mass is 35.5. The van der Waals surface area contributed by atoms with Crippen molar-refractivity contribution in [2.75, 3.05) is 13.2 Å². The van der Waals surface area contributed by atoms with Crippen LogP contribution in [-0.2, 0) is 22.6 Å². The number of aliphatic hydroxyl groups is 2. The van der Waals surface area contributed by atoms with Gasteiger partial charge in [-0.25, -0.2) is 4.39 Å². The maximum Gasteiger partial charge on any atom is 0.257 e. The van der Waals surface area contributed by atoms with Crippen LogP contribution in [0.3, 0.4) is 0 Å². The lowest BCUT2D eigenvalue weighted by atomic mass is 9.74. The summed E-state index contributed by atoms with van der Waals surface area (Å²) in [6.07, 6.45) is 7.70. The number of hydrogen-bond acceptors (Lipinski definition) is 6. The van der Waals surface area contributed by atoms with Gasteiger partial charge in [-0.3, -0.25) is 14.7 Å². The zero-order valence-corrected chi connectivity index (χ0v) is 24.9. The van der Waals surface area contributed by atoms with Crippen molar-refractivity contribution in [3.05, 3.63) is 99.1 Å². The molecule has 2 N–H and O–H groups in total. The molecule has 3 aliphatic rings. The molecule has 1 unspecified atom stereocenters. The molecule has 224 valence electrons. The van der Waals surface area contributed by atoms with E-state index in [-0.39, 0.29) is 36.8 Å². The smallest absolute Gasteiger partial charge is 0.257 e. The van der Waals surface area contributed by atoms with Crippen LogP contribution in [0.4, 0.5) is 4.39 Å². The number of benzene rings is 2. The van der Waals surface area contributed by atoms with Crippen LogP contribution in [0.5, 0.6) is 0 Å². The number of pyridine rings is 1. The average molecular weight is 604 g/mol. The van der Waals surface area contributed by atoms with E-state index in [1.54, 1.807) is 49.4 Å². The number of ether oxygens (including phenoxy) is 1. The van der Waals surface area contributed by atoms with E-state index < -0.39 is 28.5 Å². The van der Waals surface area contributed by atoms with E-state index in [9.17, 15) is 20.3 Å². The van der Waals surface area contributed by atoms with Gasteiger partial charge < -0.3 is 14.9 Å². The number of aromatic nitrogens is 1. The van der Waals surface area contributed by atoms with E-state index in [1.165, 1.54) is 17.2 Å². The van der Waals surface area contributed by atoms with Crippen molar-refractivity contribution >= 4 is 17.5 Å². The molecule has 0 spiro atoms. The highest BCUT2D eigenvalue weighted by Crippen LogP contribution is 2.53. The number of fused-ring (bicyclic) bond motifs is 1. The number of hydrogen-bond donors (Lipinski definition) is 2. The van der Waals surface area contributed by atoms with E-state index in [0.717, 1.165) is 44.9 Å². The summed E-state index contributed by atoms with van der Waals surface area (Å²) in [6, 6.07) is 15.1. The van der Waals surface area contributed by atoms with Gasteiger partial charge in [0.25, 0.3) is 5.91 Å². The van der Waals surface area contributed by atoms with E-state index in [1.807, 2.05) is 6.07 Å². The van der Waals surface area contributed by atoms with Gasteiger partial charge in [0.1, 0.15) is 11.9 Å². The molecule has 2 aromatic carbocycles. The molecule has 0 saturated heterocycles. The summed E-state index contributed by atoms with van der Waals surface area (Å²) >= 11 is 6.25. The third-order valence-corrected chi connectivity index (χ3v) is 9.91. The monoisotopic (exact) mass is 603 g/mol. The average Bonchev–Trinajstić information content (AvgIpc) is 3.77. The summed E-state index contributed by atoms with van der Waals surface area (Å²) in [7, 11) is 0. The van der Waals surface area contributed by atoms with Crippen LogP contribution < -0.4 is 0 Å². The molecule has 9 heteroatoms. The first kappa shape index (κ1) is 29.7. The third kappa shape index (κ3) is 5.23. The van der Waals surface area contributed by atoms with Crippen molar-refractivity contribution < 1.29 is 24.1 Å². The van der Waals surface area contributed by atoms with Gasteiger partial charge in [0.05, 0.1) is 47.7 Å². The van der Waals surface area contributed by atoms with Crippen molar-refractivity contribution in [3.63, 3.8) is 0 Å². The Morgan fingerprint density at radius 2 is 1.88 bits per heavy atom. The predicted octanol–water partition coefficient (Wildman–Crippen LogP) is 6.18. The third-order valence-electron chi connectivity index (χ3n) is 9.66. The SMILES string of the molecule is CC(O)(c1cc(F)c2c(c1)C(=O)N(Cc1ccc(C#N)cn1)[C@@]2(OCC1(CO)CC1)c1ccc(Cl)cc1)C1CCCCC1. The molecular weight excluding hydrogens is 569 g/mol. The Morgan fingerprint density at radius 1 is 1.16 bits per heavy atom. The quantitative estimate of drug-likeness (QED) is 0.302. The highest BCUT2D eigenvalue weighted by Gasteiger charge is 2.57. The number of rotatable bonds is 9. The summed E-state index contributed by atoms with van der Waals surface area (Å²) in [5, 5.41) is 31.6. The summed E-state index contributed by atoms with van der Waals surface area (Å²) in [6.45, 7) is 1.68. The van der Waals surface area contributed by atoms with E-state index >= 15 is 4.39 Å². The second-order valence-corrected chi connectivity index (χ2v) is 12.9. The normalized spacial score (nSPS) is 22.6. The van der Waals surface area contributed by atoms with E-state index in [0.29, 0.717) is 27.4 Å². The van der Waals surface area contributed by atoms with Crippen LogP contribution in [0.1, 0.15) is 90.2 Å². The minimum atomic E-state index is -1.70. The molecule has 2 fully saturated rings. The summed E-state index contributed by atoms with van der Waals surface area (Å²) in [4.78, 5) is 20.3. The summed E-state index contributed by atoms with van der Waals surface area (Å²) in [5.41, 5.74) is -1.59. The number of amides is 1. The molecule has 43 heavy (non-hydrogen) atoms. The number of nitriles is 1. The van der Waals surface area contributed by atoms with Crippen molar-refractivity contribution in [1.29, 1.82) is 5.26 Å². The second-order valence-electron chi connectivity index (χ2n) is 12.5. The van der Waals surface area contributed by atoms with Crippen LogP contribution in [-0.4, -0.2) is 39.2 Å². The first-order valence-electron chi connectivity index (χ1n) is 14.9. The number of carbonyl (C=O) groups excluding carboxylic acids is 1. The standard InChI is InChI=1S/C34H35ClFN3O4/c1-32(42,23-5-3-2-4-6-23)25-15-28-30(29(36)16-25)34(24-8-10-26(35)11-9-24,43-21-33(20-40)13-14-33)39(31(28)41)19-27-12-7-22(17-37)18-38-27/h7-12,15-16,18,23,40,42H,2-6,13-14,19-21H2,1H3/t32?,34-/m1/s1. The molecule has 7 nitrogen and oxygen atoms in total. The molecule has 3 aromatic rings. The minimum Gasteiger partial charge on any atom is -0.396 e. The number of aliphatic hydroxyl groups excluding tert-OH is 1. The first-order chi connectivity index (χ1) is 20.6. The Hall–Kier alpha value is -3.35. The van der Waals surface area contributed by atoms with Crippen molar-refractivity contribution in [3.8, 4) is 6.07 Å². The van der Waals surface area contributed by atoms with Crippen molar-refractivity contribution in [2.45, 2.75) is 69.7 Å². The molecule has 0 bridgehead atoms. The Labute approximate surface area is 255 Å². The fourth-order valence-electron chi connectivity index (χ4n) is 6.66.